The van der Waals surface area contributed by atoms with Gasteiger partial charge in [0.2, 0.25) is 0 Å². The summed E-state index contributed by atoms with van der Waals surface area (Å²) in [5.74, 6) is 0.596. The maximum Gasteiger partial charge on any atom is 0.150 e. The van der Waals surface area contributed by atoms with E-state index in [2.05, 4.69) is 14.9 Å². The molecule has 2 heterocycles. The molecule has 1 saturated heterocycles. The first-order valence-electron chi connectivity index (χ1n) is 6.32. The molecular formula is C13H17N3O2S. The molecule has 1 aromatic heterocycles. The molecule has 19 heavy (non-hydrogen) atoms. The number of anilines is 1. The molecule has 0 atom stereocenters. The lowest BCUT2D eigenvalue weighted by atomic mass is 10.2. The van der Waals surface area contributed by atoms with Crippen LogP contribution in [-0.4, -0.2) is 39.9 Å². The lowest BCUT2D eigenvalue weighted by Crippen LogP contribution is -2.23. The third-order valence-corrected chi connectivity index (χ3v) is 4.40. The first-order valence-corrected chi connectivity index (χ1v) is 7.20. The Labute approximate surface area is 116 Å². The van der Waals surface area contributed by atoms with E-state index >= 15 is 0 Å². The quantitative estimate of drug-likeness (QED) is 0.464. The van der Waals surface area contributed by atoms with E-state index in [1.807, 2.05) is 6.07 Å². The van der Waals surface area contributed by atoms with E-state index in [0.717, 1.165) is 18.9 Å². The van der Waals surface area contributed by atoms with E-state index in [1.54, 1.807) is 0 Å². The van der Waals surface area contributed by atoms with Crippen LogP contribution in [-0.2, 0) is 9.59 Å². The summed E-state index contributed by atoms with van der Waals surface area (Å²) in [4.78, 5) is 33.5. The number of thioether (sulfide) groups is 1. The minimum absolute atomic E-state index is 0.140. The summed E-state index contributed by atoms with van der Waals surface area (Å²) in [5.41, 5.74) is 0. The molecule has 0 aliphatic carbocycles. The Hall–Kier alpha value is -1.43. The number of carbonyl (C=O) groups excluding carboxylic acids is 2. The second kappa shape index (κ2) is 6.14. The molecule has 1 fully saturated rings. The van der Waals surface area contributed by atoms with Crippen LogP contribution in [0.2, 0.25) is 0 Å². The molecule has 6 heteroatoms. The van der Waals surface area contributed by atoms with Crippen molar-refractivity contribution in [1.82, 2.24) is 9.97 Å². The average Bonchev–Trinajstić information content (AvgIpc) is 2.89. The van der Waals surface area contributed by atoms with E-state index in [9.17, 15) is 9.59 Å². The molecule has 1 aliphatic heterocycles. The van der Waals surface area contributed by atoms with Crippen LogP contribution in [0, 0.1) is 0 Å². The smallest absolute Gasteiger partial charge is 0.150 e. The van der Waals surface area contributed by atoms with E-state index in [1.165, 1.54) is 44.8 Å². The van der Waals surface area contributed by atoms with Crippen LogP contribution in [0.5, 0.6) is 0 Å². The molecule has 0 spiro atoms. The number of aromatic nitrogens is 2. The Kier molecular flexibility index (Phi) is 4.52. The normalized spacial score (nSPS) is 15.0. The SMILES string of the molecule is CC(=O)C(Sc1cc(N2CCCC2)ncn1)C(C)=O. The predicted molar refractivity (Wildman–Crippen MR) is 74.5 cm³/mol. The van der Waals surface area contributed by atoms with Crippen LogP contribution < -0.4 is 4.90 Å². The van der Waals surface area contributed by atoms with Gasteiger partial charge in [0.15, 0.2) is 11.6 Å². The van der Waals surface area contributed by atoms with E-state index < -0.39 is 5.25 Å². The largest absolute Gasteiger partial charge is 0.356 e. The number of Topliss-reactive ketones (excluding diaryl/α,β-unsaturated/α-hetero) is 2. The summed E-state index contributed by atoms with van der Waals surface area (Å²) < 4.78 is 0. The van der Waals surface area contributed by atoms with Gasteiger partial charge in [0.05, 0.1) is 0 Å². The van der Waals surface area contributed by atoms with Crippen molar-refractivity contribution < 1.29 is 9.59 Å². The number of carbonyl (C=O) groups is 2. The second-order valence-electron chi connectivity index (χ2n) is 4.63. The van der Waals surface area contributed by atoms with Crippen molar-refractivity contribution >= 4 is 29.1 Å². The molecule has 102 valence electrons. The number of hydrogen-bond acceptors (Lipinski definition) is 6. The highest BCUT2D eigenvalue weighted by molar-refractivity contribution is 8.01. The van der Waals surface area contributed by atoms with Crippen LogP contribution >= 0.6 is 11.8 Å². The minimum Gasteiger partial charge on any atom is -0.356 e. The summed E-state index contributed by atoms with van der Waals surface area (Å²) in [7, 11) is 0. The predicted octanol–water partition coefficient (Wildman–Crippen LogP) is 1.72. The molecule has 0 bridgehead atoms. The highest BCUT2D eigenvalue weighted by Crippen LogP contribution is 2.26. The van der Waals surface area contributed by atoms with Crippen molar-refractivity contribution in [2.24, 2.45) is 0 Å². The fourth-order valence-electron chi connectivity index (χ4n) is 2.09. The molecule has 2 rings (SSSR count). The zero-order valence-electron chi connectivity index (χ0n) is 11.1. The molecule has 5 nitrogen and oxygen atoms in total. The van der Waals surface area contributed by atoms with Gasteiger partial charge >= 0.3 is 0 Å². The van der Waals surface area contributed by atoms with Crippen LogP contribution in [0.25, 0.3) is 0 Å². The second-order valence-corrected chi connectivity index (χ2v) is 5.75. The lowest BCUT2D eigenvalue weighted by molar-refractivity contribution is -0.123. The van der Waals surface area contributed by atoms with E-state index in [-0.39, 0.29) is 11.6 Å². The third kappa shape index (κ3) is 3.53. The van der Waals surface area contributed by atoms with Gasteiger partial charge in [0, 0.05) is 19.2 Å². The van der Waals surface area contributed by atoms with Crippen molar-refractivity contribution in [3.8, 4) is 0 Å². The first-order chi connectivity index (χ1) is 9.08. The third-order valence-electron chi connectivity index (χ3n) is 3.03. The summed E-state index contributed by atoms with van der Waals surface area (Å²) in [6, 6.07) is 1.86. The van der Waals surface area contributed by atoms with E-state index in [4.69, 9.17) is 0 Å². The molecule has 0 unspecified atom stereocenters. The number of hydrogen-bond donors (Lipinski definition) is 0. The Bertz CT molecular complexity index is 473. The summed E-state index contributed by atoms with van der Waals surface area (Å²) in [5, 5.41) is 0.00799. The molecule has 1 aliphatic rings. The molecule has 0 N–H and O–H groups in total. The van der Waals surface area contributed by atoms with Crippen molar-refractivity contribution in [1.29, 1.82) is 0 Å². The Morgan fingerprint density at radius 3 is 2.42 bits per heavy atom. The molecular weight excluding hydrogens is 262 g/mol. The molecule has 1 aromatic rings. The van der Waals surface area contributed by atoms with Crippen molar-refractivity contribution in [3.05, 3.63) is 12.4 Å². The van der Waals surface area contributed by atoms with Gasteiger partial charge in [-0.3, -0.25) is 9.59 Å². The molecule has 0 saturated carbocycles. The minimum atomic E-state index is -0.665. The van der Waals surface area contributed by atoms with Crippen molar-refractivity contribution in [3.63, 3.8) is 0 Å². The molecule has 0 aromatic carbocycles. The number of nitrogens with zero attached hydrogens (tertiary/aromatic N) is 3. The van der Waals surface area contributed by atoms with Gasteiger partial charge in [-0.05, 0) is 26.7 Å². The highest BCUT2D eigenvalue weighted by atomic mass is 32.2. The summed E-state index contributed by atoms with van der Waals surface area (Å²) >= 11 is 1.20. The maximum absolute atomic E-state index is 11.4. The fourth-order valence-corrected chi connectivity index (χ4v) is 2.94. The number of rotatable bonds is 5. The van der Waals surface area contributed by atoms with E-state index in [0.29, 0.717) is 5.03 Å². The van der Waals surface area contributed by atoms with Gasteiger partial charge in [-0.25, -0.2) is 9.97 Å². The van der Waals surface area contributed by atoms with Crippen LogP contribution in [0.4, 0.5) is 5.82 Å². The maximum atomic E-state index is 11.4. The average molecular weight is 279 g/mol. The monoisotopic (exact) mass is 279 g/mol. The van der Waals surface area contributed by atoms with Gasteiger partial charge in [0.25, 0.3) is 0 Å². The van der Waals surface area contributed by atoms with Crippen molar-refractivity contribution in [2.75, 3.05) is 18.0 Å². The summed E-state index contributed by atoms with van der Waals surface area (Å²) in [6.07, 6.45) is 3.85. The molecule has 0 radical (unpaired) electrons. The van der Waals surface area contributed by atoms with Gasteiger partial charge in [-0.1, -0.05) is 11.8 Å². The van der Waals surface area contributed by atoms with Crippen molar-refractivity contribution in [2.45, 2.75) is 37.0 Å². The standard InChI is InChI=1S/C13H17N3O2S/c1-9(17)13(10(2)18)19-12-7-11(14-8-15-12)16-5-3-4-6-16/h7-8,13H,3-6H2,1-2H3. The van der Waals surface area contributed by atoms with Crippen LogP contribution in [0.15, 0.2) is 17.4 Å². The number of ketones is 2. The van der Waals surface area contributed by atoms with Gasteiger partial charge < -0.3 is 4.90 Å². The van der Waals surface area contributed by atoms with Crippen LogP contribution in [0.1, 0.15) is 26.7 Å². The highest BCUT2D eigenvalue weighted by Gasteiger charge is 2.22. The Morgan fingerprint density at radius 2 is 1.84 bits per heavy atom. The molecule has 0 amide bonds. The fraction of sp³-hybridized carbons (Fsp3) is 0.538. The van der Waals surface area contributed by atoms with Gasteiger partial charge in [0.1, 0.15) is 22.4 Å². The lowest BCUT2D eigenvalue weighted by Gasteiger charge is -2.17. The first kappa shape index (κ1) is 14.0. The Balaban J connectivity index is 2.14. The Morgan fingerprint density at radius 1 is 1.21 bits per heavy atom. The summed E-state index contributed by atoms with van der Waals surface area (Å²) in [6.45, 7) is 4.87. The zero-order chi connectivity index (χ0) is 13.8. The van der Waals surface area contributed by atoms with Gasteiger partial charge in [-0.15, -0.1) is 0 Å². The van der Waals surface area contributed by atoms with Gasteiger partial charge in [-0.2, -0.15) is 0 Å². The zero-order valence-corrected chi connectivity index (χ0v) is 11.9. The van der Waals surface area contributed by atoms with Crippen LogP contribution in [0.3, 0.4) is 0 Å². The topological polar surface area (TPSA) is 63.2 Å².